The Bertz CT molecular complexity index is 1290. The van der Waals surface area contributed by atoms with Crippen LogP contribution in [0.3, 0.4) is 0 Å². The number of hydrogen-bond acceptors (Lipinski definition) is 5. The molecule has 7 heteroatoms. The van der Waals surface area contributed by atoms with Crippen LogP contribution in [-0.4, -0.2) is 35.9 Å². The summed E-state index contributed by atoms with van der Waals surface area (Å²) in [5.74, 6) is -0.470. The molecular weight excluding hydrogens is 430 g/mol. The molecule has 5 rings (SSSR count). The van der Waals surface area contributed by atoms with E-state index in [0.29, 0.717) is 35.8 Å². The van der Waals surface area contributed by atoms with Gasteiger partial charge >= 0.3 is 5.97 Å². The van der Waals surface area contributed by atoms with Crippen molar-refractivity contribution in [3.63, 3.8) is 0 Å². The number of aryl methyl sites for hydroxylation is 1. The van der Waals surface area contributed by atoms with Gasteiger partial charge in [-0.3, -0.25) is 14.6 Å². The summed E-state index contributed by atoms with van der Waals surface area (Å²) >= 11 is 0. The zero-order chi connectivity index (χ0) is 23.7. The number of ether oxygens (including phenoxy) is 1. The van der Waals surface area contributed by atoms with Gasteiger partial charge in [0, 0.05) is 24.0 Å². The van der Waals surface area contributed by atoms with Crippen molar-refractivity contribution in [1.29, 1.82) is 0 Å². The number of carbonyl (C=O) groups excluding carboxylic acids is 3. The fourth-order valence-corrected chi connectivity index (χ4v) is 4.90. The van der Waals surface area contributed by atoms with E-state index < -0.39 is 18.5 Å². The molecular formula is C27H27N3O4. The Balaban J connectivity index is 1.34. The number of rotatable bonds is 5. The molecule has 1 saturated heterocycles. The Morgan fingerprint density at radius 3 is 2.74 bits per heavy atom. The number of nitrogens with zero attached hydrogens (tertiary/aromatic N) is 2. The third kappa shape index (κ3) is 4.25. The highest BCUT2D eigenvalue weighted by atomic mass is 16.5. The maximum absolute atomic E-state index is 13.2. The summed E-state index contributed by atoms with van der Waals surface area (Å²) in [5, 5.41) is 3.55. The first-order chi connectivity index (χ1) is 16.5. The minimum Gasteiger partial charge on any atom is -0.452 e. The zero-order valence-corrected chi connectivity index (χ0v) is 19.2. The van der Waals surface area contributed by atoms with Crippen LogP contribution < -0.4 is 10.2 Å². The third-order valence-corrected chi connectivity index (χ3v) is 6.59. The molecule has 0 spiro atoms. The molecule has 0 radical (unpaired) electrons. The average molecular weight is 458 g/mol. The molecule has 34 heavy (non-hydrogen) atoms. The SMILES string of the molecule is CC1CCc2nc3ccccc3c(C(=O)OCC(=O)Nc3ccccc3N3CCCC3=O)c2C1. The van der Waals surface area contributed by atoms with Crippen molar-refractivity contribution in [3.05, 3.63) is 65.4 Å². The number of hydrogen-bond donors (Lipinski definition) is 1. The Kier molecular flexibility index (Phi) is 6.01. The van der Waals surface area contributed by atoms with E-state index in [4.69, 9.17) is 9.72 Å². The lowest BCUT2D eigenvalue weighted by atomic mass is 9.84. The molecule has 174 valence electrons. The lowest BCUT2D eigenvalue weighted by Gasteiger charge is -2.24. The zero-order valence-electron chi connectivity index (χ0n) is 19.2. The first-order valence-electron chi connectivity index (χ1n) is 11.8. The van der Waals surface area contributed by atoms with E-state index in [0.717, 1.165) is 47.8 Å². The van der Waals surface area contributed by atoms with Crippen LogP contribution in [0.25, 0.3) is 10.9 Å². The molecule has 2 amide bonds. The number of anilines is 2. The first-order valence-corrected chi connectivity index (χ1v) is 11.8. The van der Waals surface area contributed by atoms with Gasteiger partial charge in [0.25, 0.3) is 5.91 Å². The van der Waals surface area contributed by atoms with Crippen LogP contribution in [0.4, 0.5) is 11.4 Å². The quantitative estimate of drug-likeness (QED) is 0.578. The number of nitrogens with one attached hydrogen (secondary N) is 1. The summed E-state index contributed by atoms with van der Waals surface area (Å²) in [5.41, 5.74) is 4.34. The molecule has 3 aromatic rings. The van der Waals surface area contributed by atoms with Gasteiger partial charge in [0.05, 0.1) is 22.5 Å². The monoisotopic (exact) mass is 457 g/mol. The minimum absolute atomic E-state index is 0.0386. The van der Waals surface area contributed by atoms with E-state index >= 15 is 0 Å². The van der Waals surface area contributed by atoms with Crippen molar-refractivity contribution in [2.45, 2.75) is 39.0 Å². The molecule has 2 heterocycles. The topological polar surface area (TPSA) is 88.6 Å². The summed E-state index contributed by atoms with van der Waals surface area (Å²) < 4.78 is 5.50. The molecule has 1 aliphatic heterocycles. The summed E-state index contributed by atoms with van der Waals surface area (Å²) in [6, 6.07) is 14.7. The van der Waals surface area contributed by atoms with Crippen molar-refractivity contribution in [3.8, 4) is 0 Å². The molecule has 1 aromatic heterocycles. The highest BCUT2D eigenvalue weighted by molar-refractivity contribution is 6.07. The Labute approximate surface area is 198 Å². The predicted octanol–water partition coefficient (Wildman–Crippen LogP) is 4.28. The number of aromatic nitrogens is 1. The number of para-hydroxylation sites is 3. The molecule has 7 nitrogen and oxygen atoms in total. The van der Waals surface area contributed by atoms with Crippen LogP contribution in [0.15, 0.2) is 48.5 Å². The van der Waals surface area contributed by atoms with E-state index in [2.05, 4.69) is 12.2 Å². The van der Waals surface area contributed by atoms with Crippen molar-refractivity contribution >= 4 is 40.1 Å². The number of carbonyl (C=O) groups is 3. The summed E-state index contributed by atoms with van der Waals surface area (Å²) in [7, 11) is 0. The van der Waals surface area contributed by atoms with Crippen molar-refractivity contribution in [2.75, 3.05) is 23.4 Å². The maximum atomic E-state index is 13.2. The molecule has 0 saturated carbocycles. The fourth-order valence-electron chi connectivity index (χ4n) is 4.90. The number of pyridine rings is 1. The maximum Gasteiger partial charge on any atom is 0.339 e. The second-order valence-electron chi connectivity index (χ2n) is 9.07. The van der Waals surface area contributed by atoms with Crippen molar-refractivity contribution < 1.29 is 19.1 Å². The Morgan fingerprint density at radius 2 is 1.91 bits per heavy atom. The van der Waals surface area contributed by atoms with Gasteiger partial charge in [-0.15, -0.1) is 0 Å². The van der Waals surface area contributed by atoms with Crippen LogP contribution >= 0.6 is 0 Å². The van der Waals surface area contributed by atoms with Crippen LogP contribution in [0, 0.1) is 5.92 Å². The largest absolute Gasteiger partial charge is 0.452 e. The lowest BCUT2D eigenvalue weighted by Crippen LogP contribution is -2.27. The van der Waals surface area contributed by atoms with Gasteiger partial charge in [0.2, 0.25) is 5.91 Å². The number of benzene rings is 2. The molecule has 0 bridgehead atoms. The lowest BCUT2D eigenvalue weighted by molar-refractivity contribution is -0.119. The van der Waals surface area contributed by atoms with Gasteiger partial charge in [-0.1, -0.05) is 37.3 Å². The first kappa shape index (κ1) is 22.1. The van der Waals surface area contributed by atoms with Gasteiger partial charge < -0.3 is 15.0 Å². The molecule has 1 atom stereocenters. The third-order valence-electron chi connectivity index (χ3n) is 6.59. The van der Waals surface area contributed by atoms with Gasteiger partial charge in [0.15, 0.2) is 6.61 Å². The van der Waals surface area contributed by atoms with Crippen molar-refractivity contribution in [1.82, 2.24) is 4.98 Å². The van der Waals surface area contributed by atoms with Crippen LogP contribution in [0.5, 0.6) is 0 Å². The van der Waals surface area contributed by atoms with Crippen LogP contribution in [-0.2, 0) is 27.2 Å². The molecule has 2 aliphatic rings. The average Bonchev–Trinajstić information content (AvgIpc) is 3.27. The van der Waals surface area contributed by atoms with Gasteiger partial charge in [-0.25, -0.2) is 4.79 Å². The number of esters is 1. The van der Waals surface area contributed by atoms with Gasteiger partial charge in [-0.2, -0.15) is 0 Å². The fraction of sp³-hybridized carbons (Fsp3) is 0.333. The summed E-state index contributed by atoms with van der Waals surface area (Å²) in [6.07, 6.45) is 3.92. The second kappa shape index (κ2) is 9.25. The highest BCUT2D eigenvalue weighted by Gasteiger charge is 2.27. The number of amides is 2. The van der Waals surface area contributed by atoms with E-state index in [9.17, 15) is 14.4 Å². The molecule has 1 unspecified atom stereocenters. The van der Waals surface area contributed by atoms with Gasteiger partial charge in [-0.05, 0) is 55.4 Å². The van der Waals surface area contributed by atoms with Crippen molar-refractivity contribution in [2.24, 2.45) is 5.92 Å². The summed E-state index contributed by atoms with van der Waals surface area (Å²) in [6.45, 7) is 2.38. The van der Waals surface area contributed by atoms with Gasteiger partial charge in [0.1, 0.15) is 0 Å². The summed E-state index contributed by atoms with van der Waals surface area (Å²) in [4.78, 5) is 44.6. The van der Waals surface area contributed by atoms with E-state index in [1.54, 1.807) is 23.1 Å². The molecule has 1 aliphatic carbocycles. The second-order valence-corrected chi connectivity index (χ2v) is 9.07. The Morgan fingerprint density at radius 1 is 1.12 bits per heavy atom. The van der Waals surface area contributed by atoms with E-state index in [1.807, 2.05) is 30.3 Å². The molecule has 2 aromatic carbocycles. The van der Waals surface area contributed by atoms with Crippen LogP contribution in [0.1, 0.15) is 47.8 Å². The molecule has 1 fully saturated rings. The van der Waals surface area contributed by atoms with Crippen LogP contribution in [0.2, 0.25) is 0 Å². The number of fused-ring (bicyclic) bond motifs is 2. The Hall–Kier alpha value is -3.74. The van der Waals surface area contributed by atoms with E-state index in [-0.39, 0.29) is 5.91 Å². The minimum atomic E-state index is -0.512. The normalized spacial score (nSPS) is 17.5. The smallest absolute Gasteiger partial charge is 0.339 e. The van der Waals surface area contributed by atoms with E-state index in [1.165, 1.54) is 0 Å². The standard InChI is InChI=1S/C27H27N3O4/c1-17-12-13-21-19(15-17)26(18-7-2-3-8-20(18)28-21)27(33)34-16-24(31)29-22-9-4-5-10-23(22)30-14-6-11-25(30)32/h2-5,7-10,17H,6,11-16H2,1H3,(H,29,31). The molecule has 1 N–H and O–H groups in total. The highest BCUT2D eigenvalue weighted by Crippen LogP contribution is 2.32. The predicted molar refractivity (Wildman–Crippen MR) is 130 cm³/mol.